The maximum atomic E-state index is 9.99. The van der Waals surface area contributed by atoms with E-state index in [1.165, 1.54) is 32.1 Å². The minimum atomic E-state index is 0.190. The number of nitrogens with zero attached hydrogens (tertiary/aromatic N) is 1. The normalized spacial score (nSPS) is 15.7. The fraction of sp³-hybridized carbons (Fsp3) is 0.389. The Labute approximate surface area is 135 Å². The molecule has 3 nitrogen and oxygen atoms in total. The first-order valence-electron chi connectivity index (χ1n) is 7.79. The Morgan fingerprint density at radius 3 is 2.77 bits per heavy atom. The van der Waals surface area contributed by atoms with Gasteiger partial charge in [0.05, 0.1) is 12.8 Å². The molecule has 22 heavy (non-hydrogen) atoms. The van der Waals surface area contributed by atoms with Crippen molar-refractivity contribution in [3.8, 4) is 22.6 Å². The van der Waals surface area contributed by atoms with Crippen LogP contribution in [-0.4, -0.2) is 16.7 Å². The topological polar surface area (TPSA) is 42.4 Å². The summed E-state index contributed by atoms with van der Waals surface area (Å²) in [6, 6.07) is 6.89. The van der Waals surface area contributed by atoms with E-state index in [1.54, 1.807) is 30.6 Å². The number of hydrogen-bond acceptors (Lipinski definition) is 3. The molecule has 1 aliphatic rings. The quantitative estimate of drug-likeness (QED) is 0.856. The van der Waals surface area contributed by atoms with Gasteiger partial charge in [-0.05, 0) is 43.0 Å². The number of halogens is 1. The summed E-state index contributed by atoms with van der Waals surface area (Å²) < 4.78 is 5.90. The molecule has 1 N–H and O–H groups in total. The Hall–Kier alpha value is -1.74. The molecule has 116 valence electrons. The minimum absolute atomic E-state index is 0.190. The summed E-state index contributed by atoms with van der Waals surface area (Å²) in [5.41, 5.74) is 1.48. The lowest BCUT2D eigenvalue weighted by Gasteiger charge is -2.21. The zero-order valence-corrected chi connectivity index (χ0v) is 13.2. The first-order valence-corrected chi connectivity index (χ1v) is 8.17. The fourth-order valence-corrected chi connectivity index (χ4v) is 3.12. The molecule has 0 atom stereocenters. The van der Waals surface area contributed by atoms with Crippen molar-refractivity contribution < 1.29 is 9.84 Å². The van der Waals surface area contributed by atoms with Gasteiger partial charge in [0, 0.05) is 22.3 Å². The zero-order chi connectivity index (χ0) is 15.4. The van der Waals surface area contributed by atoms with E-state index in [-0.39, 0.29) is 5.75 Å². The number of benzene rings is 1. The first-order chi connectivity index (χ1) is 10.7. The van der Waals surface area contributed by atoms with Crippen molar-refractivity contribution in [3.05, 3.63) is 41.7 Å². The third-order valence-electron chi connectivity index (χ3n) is 4.19. The minimum Gasteiger partial charge on any atom is -0.507 e. The summed E-state index contributed by atoms with van der Waals surface area (Å²) in [7, 11) is 0. The number of phenolic OH excluding ortho intramolecular Hbond substituents is 1. The van der Waals surface area contributed by atoms with Gasteiger partial charge in [0.25, 0.3) is 0 Å². The zero-order valence-electron chi connectivity index (χ0n) is 12.5. The highest BCUT2D eigenvalue weighted by molar-refractivity contribution is 6.31. The lowest BCUT2D eigenvalue weighted by atomic mass is 9.90. The van der Waals surface area contributed by atoms with E-state index in [2.05, 4.69) is 4.98 Å². The van der Waals surface area contributed by atoms with Crippen LogP contribution in [0.4, 0.5) is 0 Å². The van der Waals surface area contributed by atoms with Crippen LogP contribution in [0.5, 0.6) is 11.5 Å². The lowest BCUT2D eigenvalue weighted by Crippen LogP contribution is -2.15. The summed E-state index contributed by atoms with van der Waals surface area (Å²) in [5.74, 6) is 1.58. The summed E-state index contributed by atoms with van der Waals surface area (Å²) >= 11 is 6.01. The number of hydrogen-bond donors (Lipinski definition) is 1. The maximum absolute atomic E-state index is 9.99. The highest BCUT2D eigenvalue weighted by Crippen LogP contribution is 2.33. The SMILES string of the molecule is Oc1ccc(Cl)cc1-c1cncc(OCC2CCCCC2)c1. The molecule has 0 amide bonds. The van der Waals surface area contributed by atoms with E-state index >= 15 is 0 Å². The van der Waals surface area contributed by atoms with Crippen molar-refractivity contribution >= 4 is 11.6 Å². The van der Waals surface area contributed by atoms with E-state index in [0.717, 1.165) is 17.9 Å². The number of aromatic hydroxyl groups is 1. The van der Waals surface area contributed by atoms with Crippen LogP contribution in [0.3, 0.4) is 0 Å². The number of aromatic nitrogens is 1. The molecule has 2 aromatic rings. The van der Waals surface area contributed by atoms with Crippen molar-refractivity contribution in [2.24, 2.45) is 5.92 Å². The molecule has 0 saturated heterocycles. The van der Waals surface area contributed by atoms with Crippen LogP contribution in [0.2, 0.25) is 5.02 Å². The van der Waals surface area contributed by atoms with Gasteiger partial charge >= 0.3 is 0 Å². The Kier molecular flexibility index (Phi) is 4.84. The predicted molar refractivity (Wildman–Crippen MR) is 88.4 cm³/mol. The molecule has 0 bridgehead atoms. The van der Waals surface area contributed by atoms with Gasteiger partial charge in [-0.1, -0.05) is 30.9 Å². The van der Waals surface area contributed by atoms with Gasteiger partial charge in [-0.3, -0.25) is 4.98 Å². The Morgan fingerprint density at radius 2 is 1.95 bits per heavy atom. The molecule has 1 aromatic heterocycles. The molecular formula is C18H20ClNO2. The van der Waals surface area contributed by atoms with E-state index in [0.29, 0.717) is 16.5 Å². The molecule has 1 aliphatic carbocycles. The molecule has 1 heterocycles. The predicted octanol–water partition coefficient (Wildman–Crippen LogP) is 5.07. The first kappa shape index (κ1) is 15.2. The van der Waals surface area contributed by atoms with Crippen molar-refractivity contribution in [3.63, 3.8) is 0 Å². The summed E-state index contributed by atoms with van der Waals surface area (Å²) in [4.78, 5) is 4.22. The van der Waals surface area contributed by atoms with Gasteiger partial charge in [-0.2, -0.15) is 0 Å². The molecule has 1 aromatic carbocycles. The number of ether oxygens (including phenoxy) is 1. The van der Waals surface area contributed by atoms with Crippen molar-refractivity contribution in [2.75, 3.05) is 6.61 Å². The Balaban J connectivity index is 1.73. The third-order valence-corrected chi connectivity index (χ3v) is 4.43. The van der Waals surface area contributed by atoms with Gasteiger partial charge in [-0.25, -0.2) is 0 Å². The Bertz CT molecular complexity index is 639. The highest BCUT2D eigenvalue weighted by atomic mass is 35.5. The number of pyridine rings is 1. The van der Waals surface area contributed by atoms with Crippen LogP contribution >= 0.6 is 11.6 Å². The third kappa shape index (κ3) is 3.72. The summed E-state index contributed by atoms with van der Waals surface area (Å²) in [6.07, 6.45) is 9.89. The molecule has 0 unspecified atom stereocenters. The number of phenols is 1. The van der Waals surface area contributed by atoms with E-state index in [4.69, 9.17) is 16.3 Å². The van der Waals surface area contributed by atoms with Gasteiger partial charge in [0.1, 0.15) is 11.5 Å². The summed E-state index contributed by atoms with van der Waals surface area (Å²) in [5, 5.41) is 10.6. The van der Waals surface area contributed by atoms with Crippen molar-refractivity contribution in [2.45, 2.75) is 32.1 Å². The largest absolute Gasteiger partial charge is 0.507 e. The Morgan fingerprint density at radius 1 is 1.14 bits per heavy atom. The van der Waals surface area contributed by atoms with E-state index in [1.807, 2.05) is 6.07 Å². The summed E-state index contributed by atoms with van der Waals surface area (Å²) in [6.45, 7) is 0.743. The van der Waals surface area contributed by atoms with Crippen molar-refractivity contribution in [1.82, 2.24) is 4.98 Å². The van der Waals surface area contributed by atoms with Gasteiger partial charge in [0.2, 0.25) is 0 Å². The molecule has 0 aliphatic heterocycles. The highest BCUT2D eigenvalue weighted by Gasteiger charge is 2.14. The average molecular weight is 318 g/mol. The van der Waals surface area contributed by atoms with Crippen LogP contribution < -0.4 is 4.74 Å². The lowest BCUT2D eigenvalue weighted by molar-refractivity contribution is 0.208. The van der Waals surface area contributed by atoms with Gasteiger partial charge in [0.15, 0.2) is 0 Å². The molecule has 1 saturated carbocycles. The standard InChI is InChI=1S/C18H20ClNO2/c19-15-6-7-18(21)17(9-15)14-8-16(11-20-10-14)22-12-13-4-2-1-3-5-13/h6-11,13,21H,1-5,12H2. The monoisotopic (exact) mass is 317 g/mol. The van der Waals surface area contributed by atoms with E-state index in [9.17, 15) is 5.11 Å². The van der Waals surface area contributed by atoms with Crippen LogP contribution in [0.1, 0.15) is 32.1 Å². The molecule has 1 fully saturated rings. The van der Waals surface area contributed by atoms with Gasteiger partial charge < -0.3 is 9.84 Å². The number of rotatable bonds is 4. The molecule has 3 rings (SSSR count). The molecule has 4 heteroatoms. The molecule has 0 spiro atoms. The second kappa shape index (κ2) is 7.01. The van der Waals surface area contributed by atoms with Crippen molar-refractivity contribution in [1.29, 1.82) is 0 Å². The van der Waals surface area contributed by atoms with Crippen LogP contribution in [0.25, 0.3) is 11.1 Å². The fourth-order valence-electron chi connectivity index (χ4n) is 2.95. The van der Waals surface area contributed by atoms with Crippen LogP contribution in [0, 0.1) is 5.92 Å². The molecular weight excluding hydrogens is 298 g/mol. The second-order valence-corrected chi connectivity index (χ2v) is 6.32. The van der Waals surface area contributed by atoms with Crippen LogP contribution in [-0.2, 0) is 0 Å². The second-order valence-electron chi connectivity index (χ2n) is 5.89. The van der Waals surface area contributed by atoms with Crippen LogP contribution in [0.15, 0.2) is 36.7 Å². The average Bonchev–Trinajstić information content (AvgIpc) is 2.56. The van der Waals surface area contributed by atoms with E-state index < -0.39 is 0 Å². The van der Waals surface area contributed by atoms with Gasteiger partial charge in [-0.15, -0.1) is 0 Å². The molecule has 0 radical (unpaired) electrons. The smallest absolute Gasteiger partial charge is 0.138 e. The maximum Gasteiger partial charge on any atom is 0.138 e.